The van der Waals surface area contributed by atoms with E-state index in [0.29, 0.717) is 17.1 Å². The molecule has 0 spiro atoms. The molecule has 1 saturated heterocycles. The highest BCUT2D eigenvalue weighted by Gasteiger charge is 2.31. The summed E-state index contributed by atoms with van der Waals surface area (Å²) in [5.41, 5.74) is 3.77. The van der Waals surface area contributed by atoms with E-state index in [2.05, 4.69) is 11.2 Å². The van der Waals surface area contributed by atoms with E-state index in [0.717, 1.165) is 46.9 Å². The largest absolute Gasteiger partial charge is 0.493 e. The van der Waals surface area contributed by atoms with Crippen molar-refractivity contribution in [2.24, 2.45) is 0 Å². The maximum absolute atomic E-state index is 13.3. The van der Waals surface area contributed by atoms with Crippen molar-refractivity contribution in [1.29, 1.82) is 0 Å². The number of carbonyl (C=O) groups excluding carboxylic acids is 1. The molecule has 0 aliphatic carbocycles. The Morgan fingerprint density at radius 3 is 2.65 bits per heavy atom. The van der Waals surface area contributed by atoms with E-state index in [1.54, 1.807) is 26.0 Å². The van der Waals surface area contributed by atoms with Gasteiger partial charge in [-0.1, -0.05) is 12.1 Å². The second-order valence-electron chi connectivity index (χ2n) is 8.28. The number of thioether (sulfide) groups is 1. The van der Waals surface area contributed by atoms with Gasteiger partial charge < -0.3 is 18.8 Å². The molecule has 1 amide bonds. The summed E-state index contributed by atoms with van der Waals surface area (Å²) >= 11 is 1.72. The molecule has 0 bridgehead atoms. The molecule has 1 aliphatic rings. The van der Waals surface area contributed by atoms with Crippen LogP contribution in [0.5, 0.6) is 11.5 Å². The number of nitrogens with zero attached hydrogens (tertiary/aromatic N) is 3. The van der Waals surface area contributed by atoms with Crippen LogP contribution in [0.15, 0.2) is 78.0 Å². The van der Waals surface area contributed by atoms with Gasteiger partial charge >= 0.3 is 0 Å². The number of carbonyl (C=O) groups is 1. The molecule has 1 fully saturated rings. The Hall–Kier alpha value is -3.45. The topological polar surface area (TPSA) is 56.1 Å². The van der Waals surface area contributed by atoms with Crippen molar-refractivity contribution < 1.29 is 14.3 Å². The van der Waals surface area contributed by atoms with Gasteiger partial charge in [-0.2, -0.15) is 0 Å². The monoisotopic (exact) mass is 473 g/mol. The van der Waals surface area contributed by atoms with E-state index in [1.807, 2.05) is 76.2 Å². The van der Waals surface area contributed by atoms with Gasteiger partial charge in [-0.05, 0) is 66.9 Å². The van der Waals surface area contributed by atoms with Gasteiger partial charge in [-0.15, -0.1) is 11.8 Å². The fraction of sp³-hybridized carbons (Fsp3) is 0.259. The van der Waals surface area contributed by atoms with E-state index in [9.17, 15) is 4.79 Å². The van der Waals surface area contributed by atoms with Crippen molar-refractivity contribution in [1.82, 2.24) is 14.3 Å². The van der Waals surface area contributed by atoms with Gasteiger partial charge in [0.05, 0.1) is 26.0 Å². The third-order valence-corrected chi connectivity index (χ3v) is 7.25. The lowest BCUT2D eigenvalue weighted by atomic mass is 10.0. The predicted octanol–water partition coefficient (Wildman–Crippen LogP) is 5.62. The number of benzene rings is 2. The zero-order valence-corrected chi connectivity index (χ0v) is 20.1. The third-order valence-electron chi connectivity index (χ3n) is 6.21. The molecule has 0 radical (unpaired) electrons. The smallest absolute Gasteiger partial charge is 0.254 e. The van der Waals surface area contributed by atoms with Crippen LogP contribution in [0, 0.1) is 0 Å². The summed E-state index contributed by atoms with van der Waals surface area (Å²) in [5.74, 6) is 2.22. The van der Waals surface area contributed by atoms with E-state index in [4.69, 9.17) is 9.47 Å². The zero-order chi connectivity index (χ0) is 23.5. The van der Waals surface area contributed by atoms with Gasteiger partial charge in [0.2, 0.25) is 0 Å². The van der Waals surface area contributed by atoms with Crippen LogP contribution in [-0.4, -0.2) is 41.0 Å². The average Bonchev–Trinajstić information content (AvgIpc) is 3.54. The molecular weight excluding hydrogens is 446 g/mol. The lowest BCUT2D eigenvalue weighted by molar-refractivity contribution is 0.0735. The van der Waals surface area contributed by atoms with Crippen LogP contribution in [0.1, 0.15) is 40.5 Å². The van der Waals surface area contributed by atoms with Crippen LogP contribution in [0.4, 0.5) is 0 Å². The number of ether oxygens (including phenoxy) is 2. The van der Waals surface area contributed by atoms with Crippen molar-refractivity contribution in [3.8, 4) is 11.5 Å². The number of hydrogen-bond acceptors (Lipinski definition) is 5. The molecule has 7 heteroatoms. The third kappa shape index (κ3) is 4.48. The Bertz CT molecular complexity index is 1270. The van der Waals surface area contributed by atoms with Crippen molar-refractivity contribution in [2.45, 2.75) is 29.5 Å². The molecule has 0 N–H and O–H groups in total. The van der Waals surface area contributed by atoms with Crippen LogP contribution < -0.4 is 9.47 Å². The lowest BCUT2D eigenvalue weighted by Gasteiger charge is -2.26. The zero-order valence-electron chi connectivity index (χ0n) is 19.3. The van der Waals surface area contributed by atoms with Gasteiger partial charge in [0, 0.05) is 35.2 Å². The minimum Gasteiger partial charge on any atom is -0.493 e. The number of methoxy groups -OCH3 is 2. The van der Waals surface area contributed by atoms with Crippen molar-refractivity contribution in [2.75, 3.05) is 20.8 Å². The second-order valence-corrected chi connectivity index (χ2v) is 9.33. The molecule has 6 nitrogen and oxygen atoms in total. The number of fused-ring (bicyclic) bond motifs is 1. The Kier molecular flexibility index (Phi) is 6.45. The second kappa shape index (κ2) is 9.81. The van der Waals surface area contributed by atoms with E-state index in [-0.39, 0.29) is 11.9 Å². The highest BCUT2D eigenvalue weighted by molar-refractivity contribution is 7.98. The molecule has 0 saturated carbocycles. The molecule has 4 aromatic rings. The summed E-state index contributed by atoms with van der Waals surface area (Å²) in [7, 11) is 3.26. The Balaban J connectivity index is 1.26. The molecule has 174 valence electrons. The molecule has 3 heterocycles. The van der Waals surface area contributed by atoms with E-state index in [1.165, 1.54) is 0 Å². The molecular formula is C27H27N3O3S. The lowest BCUT2D eigenvalue weighted by Crippen LogP contribution is -2.30. The highest BCUT2D eigenvalue weighted by atomic mass is 32.2. The molecule has 1 aliphatic heterocycles. The van der Waals surface area contributed by atoms with Crippen molar-refractivity contribution in [3.05, 3.63) is 89.9 Å². The fourth-order valence-corrected chi connectivity index (χ4v) is 5.27. The van der Waals surface area contributed by atoms with Crippen LogP contribution >= 0.6 is 11.8 Å². The number of amides is 1. The van der Waals surface area contributed by atoms with Crippen LogP contribution in [0.3, 0.4) is 0 Å². The number of hydrogen-bond donors (Lipinski definition) is 0. The number of pyridine rings is 1. The minimum absolute atomic E-state index is 0.0383. The number of rotatable bonds is 7. The summed E-state index contributed by atoms with van der Waals surface area (Å²) in [6, 6.07) is 19.8. The van der Waals surface area contributed by atoms with Crippen LogP contribution in [0.2, 0.25) is 0 Å². The first-order valence-electron chi connectivity index (χ1n) is 11.3. The standard InChI is InChI=1S/C27H27N3O3S/c1-32-24-13-10-20(16-25(24)33-2)23-6-5-15-30(23)27(31)19-8-11-22(12-9-19)34-18-21-17-29-14-4-3-7-26(29)28-21/h3-4,7-14,16-17,23H,5-6,15,18H2,1-2H3. The van der Waals surface area contributed by atoms with Gasteiger partial charge in [0.15, 0.2) is 11.5 Å². The number of likely N-dealkylation sites (tertiary alicyclic amines) is 1. The van der Waals surface area contributed by atoms with Gasteiger partial charge in [0.1, 0.15) is 5.65 Å². The van der Waals surface area contributed by atoms with E-state index >= 15 is 0 Å². The molecule has 1 atom stereocenters. The number of aromatic nitrogens is 2. The summed E-state index contributed by atoms with van der Waals surface area (Å²) < 4.78 is 12.9. The first kappa shape index (κ1) is 22.3. The fourth-order valence-electron chi connectivity index (χ4n) is 4.49. The minimum atomic E-state index is 0.0383. The SMILES string of the molecule is COc1ccc(C2CCCN2C(=O)c2ccc(SCc3cn4ccccc4n3)cc2)cc1OC. The molecule has 2 aromatic heterocycles. The first-order valence-corrected chi connectivity index (χ1v) is 12.3. The average molecular weight is 474 g/mol. The Morgan fingerprint density at radius 1 is 1.06 bits per heavy atom. The highest BCUT2D eigenvalue weighted by Crippen LogP contribution is 2.37. The summed E-state index contributed by atoms with van der Waals surface area (Å²) in [6.45, 7) is 0.752. The van der Waals surface area contributed by atoms with E-state index < -0.39 is 0 Å². The predicted molar refractivity (Wildman–Crippen MR) is 134 cm³/mol. The Morgan fingerprint density at radius 2 is 1.88 bits per heavy atom. The van der Waals surface area contributed by atoms with Gasteiger partial charge in [-0.3, -0.25) is 4.79 Å². The quantitative estimate of drug-likeness (QED) is 0.326. The van der Waals surface area contributed by atoms with Gasteiger partial charge in [-0.25, -0.2) is 4.98 Å². The van der Waals surface area contributed by atoms with Crippen molar-refractivity contribution in [3.63, 3.8) is 0 Å². The number of imidazole rings is 1. The van der Waals surface area contributed by atoms with Crippen molar-refractivity contribution >= 4 is 23.3 Å². The molecule has 1 unspecified atom stereocenters. The first-order chi connectivity index (χ1) is 16.7. The maximum atomic E-state index is 13.3. The Labute approximate surface area is 203 Å². The summed E-state index contributed by atoms with van der Waals surface area (Å²) in [6.07, 6.45) is 5.98. The molecule has 2 aromatic carbocycles. The normalized spacial score (nSPS) is 15.6. The van der Waals surface area contributed by atoms with Gasteiger partial charge in [0.25, 0.3) is 5.91 Å². The van der Waals surface area contributed by atoms with Crippen LogP contribution in [0.25, 0.3) is 5.65 Å². The molecule has 5 rings (SSSR count). The summed E-state index contributed by atoms with van der Waals surface area (Å²) in [4.78, 5) is 21.1. The van der Waals surface area contributed by atoms with Crippen LogP contribution in [-0.2, 0) is 5.75 Å². The maximum Gasteiger partial charge on any atom is 0.254 e. The molecule has 34 heavy (non-hydrogen) atoms. The summed E-state index contributed by atoms with van der Waals surface area (Å²) in [5, 5.41) is 0.